The lowest BCUT2D eigenvalue weighted by Gasteiger charge is -2.07. The topological polar surface area (TPSA) is 105 Å². The van der Waals surface area contributed by atoms with Crippen molar-refractivity contribution in [3.63, 3.8) is 0 Å². The van der Waals surface area contributed by atoms with Crippen molar-refractivity contribution in [2.45, 2.75) is 6.54 Å². The van der Waals surface area contributed by atoms with Crippen LogP contribution in [0.1, 0.15) is 11.1 Å². The van der Waals surface area contributed by atoms with E-state index >= 15 is 0 Å². The maximum absolute atomic E-state index is 7.21. The van der Waals surface area contributed by atoms with Crippen molar-refractivity contribution in [2.24, 2.45) is 0 Å². The molecule has 0 saturated heterocycles. The number of hydrogen-bond donors (Lipinski definition) is 2. The van der Waals surface area contributed by atoms with Gasteiger partial charge in [-0.05, 0) is 24.3 Å². The van der Waals surface area contributed by atoms with Crippen LogP contribution >= 0.6 is 0 Å². The summed E-state index contributed by atoms with van der Waals surface area (Å²) in [6.07, 6.45) is 8.82. The van der Waals surface area contributed by atoms with E-state index in [9.17, 15) is 0 Å². The summed E-state index contributed by atoms with van der Waals surface area (Å²) < 4.78 is 0. The number of rotatable bonds is 7. The molecule has 0 fully saturated rings. The Labute approximate surface area is 304 Å². The van der Waals surface area contributed by atoms with Crippen molar-refractivity contribution in [1.82, 2.24) is 30.0 Å². The van der Waals surface area contributed by atoms with Crippen molar-refractivity contribution < 1.29 is 0 Å². The molecule has 9 nitrogen and oxygen atoms in total. The lowest BCUT2D eigenvalue weighted by Crippen LogP contribution is -2.01. The minimum atomic E-state index is 0.405. The summed E-state index contributed by atoms with van der Waals surface area (Å²) in [5.74, 6) is 0.560. The van der Waals surface area contributed by atoms with Gasteiger partial charge in [0.1, 0.15) is 5.82 Å². The first-order chi connectivity index (χ1) is 25.4. The minimum absolute atomic E-state index is 0.405. The number of H-pyrrole nitrogens is 1. The molecule has 0 atom stereocenters. The first-order valence-electron chi connectivity index (χ1n) is 16.4. The number of nitrogens with two attached hydrogens (primary N) is 1. The highest BCUT2D eigenvalue weighted by molar-refractivity contribution is 5.74. The van der Waals surface area contributed by atoms with Gasteiger partial charge in [-0.1, -0.05) is 103 Å². The van der Waals surface area contributed by atoms with E-state index in [1.807, 2.05) is 153 Å². The Bertz CT molecular complexity index is 2230. The third-order valence-electron chi connectivity index (χ3n) is 7.60. The molecule has 0 aliphatic rings. The lowest BCUT2D eigenvalue weighted by atomic mass is 10.1. The number of nitrogens with one attached hydrogen (secondary N) is 1. The van der Waals surface area contributed by atoms with Gasteiger partial charge >= 0.3 is 0 Å². The van der Waals surface area contributed by atoms with E-state index in [-0.39, 0.29) is 0 Å². The number of aromatic amines is 1. The number of nitrogens with zero attached hydrogens (tertiary/aromatic N) is 7. The Hall–Kier alpha value is -7.36. The van der Waals surface area contributed by atoms with Crippen LogP contribution in [0, 0.1) is 13.1 Å². The van der Waals surface area contributed by atoms with Gasteiger partial charge in [-0.3, -0.25) is 20.1 Å². The zero-order valence-electron chi connectivity index (χ0n) is 28.9. The van der Waals surface area contributed by atoms with E-state index in [2.05, 4.69) is 34.8 Å². The van der Waals surface area contributed by atoms with Crippen molar-refractivity contribution in [3.8, 4) is 44.9 Å². The maximum atomic E-state index is 7.21. The van der Waals surface area contributed by atoms with Crippen molar-refractivity contribution in [3.05, 3.63) is 192 Å². The number of pyridine rings is 3. The van der Waals surface area contributed by atoms with Gasteiger partial charge in [-0.25, -0.2) is 11.4 Å². The molecule has 0 aliphatic heterocycles. The summed E-state index contributed by atoms with van der Waals surface area (Å²) in [4.78, 5) is 21.9. The first kappa shape index (κ1) is 35.9. The summed E-state index contributed by atoms with van der Waals surface area (Å²) in [7, 11) is 3.80. The summed E-state index contributed by atoms with van der Waals surface area (Å²) in [5.41, 5.74) is 16.1. The predicted molar refractivity (Wildman–Crippen MR) is 210 cm³/mol. The fraction of sp³-hybridized carbons (Fsp3) is 0.0698. The number of anilines is 1. The quantitative estimate of drug-likeness (QED) is 0.163. The smallest absolute Gasteiger partial charge is 0.241 e. The third kappa shape index (κ3) is 10.1. The fourth-order valence-corrected chi connectivity index (χ4v) is 4.99. The van der Waals surface area contributed by atoms with Gasteiger partial charge in [0.15, 0.2) is 0 Å². The molecule has 4 heterocycles. The highest BCUT2D eigenvalue weighted by atomic mass is 15.1. The monoisotopic (exact) mass is 679 g/mol. The van der Waals surface area contributed by atoms with Gasteiger partial charge < -0.3 is 15.5 Å². The number of hydrogen-bond acceptors (Lipinski definition) is 6. The van der Waals surface area contributed by atoms with E-state index in [1.54, 1.807) is 24.8 Å². The molecule has 254 valence electrons. The molecular formula is C43H37N9. The van der Waals surface area contributed by atoms with Crippen LogP contribution in [0.25, 0.3) is 60.3 Å². The predicted octanol–water partition coefficient (Wildman–Crippen LogP) is 9.42. The van der Waals surface area contributed by atoms with Crippen LogP contribution in [0.4, 0.5) is 5.82 Å². The largest absolute Gasteiger partial charge is 0.393 e. The summed E-state index contributed by atoms with van der Waals surface area (Å²) >= 11 is 0. The minimum Gasteiger partial charge on any atom is -0.393 e. The molecule has 0 bridgehead atoms. The van der Waals surface area contributed by atoms with E-state index < -0.39 is 0 Å². The number of benzene rings is 3. The average molecular weight is 680 g/mol. The second-order valence-electron chi connectivity index (χ2n) is 11.6. The van der Waals surface area contributed by atoms with Gasteiger partial charge in [0, 0.05) is 77.8 Å². The van der Waals surface area contributed by atoms with E-state index in [0.29, 0.717) is 18.1 Å². The maximum Gasteiger partial charge on any atom is 0.241 e. The van der Waals surface area contributed by atoms with Crippen LogP contribution < -0.4 is 5.73 Å². The third-order valence-corrected chi connectivity index (χ3v) is 7.60. The molecular weight excluding hydrogens is 643 g/mol. The highest BCUT2D eigenvalue weighted by Gasteiger charge is 2.06. The molecule has 3 aromatic carbocycles. The second kappa shape index (κ2) is 18.4. The van der Waals surface area contributed by atoms with Crippen LogP contribution in [-0.2, 0) is 6.54 Å². The van der Waals surface area contributed by atoms with E-state index in [1.165, 1.54) is 0 Å². The van der Waals surface area contributed by atoms with Gasteiger partial charge in [0.2, 0.25) is 12.2 Å². The molecule has 7 rings (SSSR count). The van der Waals surface area contributed by atoms with Gasteiger partial charge in [-0.15, -0.1) is 0 Å². The zero-order valence-corrected chi connectivity index (χ0v) is 28.9. The summed E-state index contributed by atoms with van der Waals surface area (Å²) in [5, 5.41) is 6.61. The highest BCUT2D eigenvalue weighted by Crippen LogP contribution is 2.25. The van der Waals surface area contributed by atoms with Crippen LogP contribution in [0.2, 0.25) is 0 Å². The molecule has 0 saturated carbocycles. The normalized spacial score (nSPS) is 10.3. The van der Waals surface area contributed by atoms with Gasteiger partial charge in [0.25, 0.3) is 0 Å². The lowest BCUT2D eigenvalue weighted by molar-refractivity contribution is 0.566. The average Bonchev–Trinajstić information content (AvgIpc) is 3.64. The molecule has 4 aromatic heterocycles. The van der Waals surface area contributed by atoms with E-state index in [0.717, 1.165) is 56.0 Å². The van der Waals surface area contributed by atoms with Crippen LogP contribution in [0.15, 0.2) is 158 Å². The fourth-order valence-electron chi connectivity index (χ4n) is 4.99. The Morgan fingerprint density at radius 1 is 0.635 bits per heavy atom. The number of aromatic nitrogens is 5. The molecule has 0 unspecified atom stereocenters. The molecule has 52 heavy (non-hydrogen) atoms. The molecule has 0 aliphatic carbocycles. The second-order valence-corrected chi connectivity index (χ2v) is 11.6. The molecule has 7 aromatic rings. The Morgan fingerprint density at radius 3 is 1.54 bits per heavy atom. The summed E-state index contributed by atoms with van der Waals surface area (Å²) in [6, 6.07) is 41.8. The van der Waals surface area contributed by atoms with Gasteiger partial charge in [-0.2, -0.15) is 5.10 Å². The Morgan fingerprint density at radius 2 is 1.15 bits per heavy atom. The molecule has 0 radical (unpaired) electrons. The Balaban J connectivity index is 0.000000152. The molecule has 9 heteroatoms. The molecule has 0 amide bonds. The first-order valence-corrected chi connectivity index (χ1v) is 16.4. The standard InChI is InChI=1S/C16H15N3.C14H12N4.C13H10N2/c1-17-16(12-19(2)3)14-9-10-15(18-11-14)13-7-5-4-6-8-13;15-14-12(9-17-18-14)11-6-7-13(16-8-11)10-4-2-1-3-5-10;1-14-9-11-7-8-13(15-10-11)12-5-3-2-4-6-12/h4-12H,2-3H3;1-9H,(H3,15,17,18);2-8,10H,9H2/b16-12-;;. The van der Waals surface area contributed by atoms with Crippen LogP contribution in [0.5, 0.6) is 0 Å². The Kier molecular flexibility index (Phi) is 12.7. The number of nitrogen functional groups attached to an aromatic ring is 1. The summed E-state index contributed by atoms with van der Waals surface area (Å²) in [6.45, 7) is 14.4. The molecule has 0 spiro atoms. The van der Waals surface area contributed by atoms with Crippen molar-refractivity contribution in [2.75, 3.05) is 19.8 Å². The van der Waals surface area contributed by atoms with Gasteiger partial charge in [0.05, 0.1) is 29.9 Å². The van der Waals surface area contributed by atoms with Crippen molar-refractivity contribution >= 4 is 11.5 Å². The van der Waals surface area contributed by atoms with Crippen LogP contribution in [0.3, 0.4) is 0 Å². The van der Waals surface area contributed by atoms with Crippen LogP contribution in [-0.4, -0.2) is 44.1 Å². The SMILES string of the molecule is Nc1[nH]ncc1-c1ccc(-c2ccccc2)nc1.[C-]#[N+]/C(=C\N(C)C)c1ccc(-c2ccccc2)nc1.[C-]#[N+]Cc1ccc(-c2ccccc2)nc1. The molecule has 3 N–H and O–H groups in total. The van der Waals surface area contributed by atoms with Crippen molar-refractivity contribution in [1.29, 1.82) is 0 Å². The zero-order chi connectivity index (χ0) is 36.5. The van der Waals surface area contributed by atoms with E-state index in [4.69, 9.17) is 18.9 Å².